The molecule has 0 aromatic heterocycles. The first-order valence-electron chi connectivity index (χ1n) is 3.55. The molecule has 64 valence electrons. The Labute approximate surface area is 75.6 Å². The Balaban J connectivity index is 2.89. The molecule has 1 aromatic carbocycles. The zero-order valence-corrected chi connectivity index (χ0v) is 7.18. The minimum atomic E-state index is -0.401. The van der Waals surface area contributed by atoms with Crippen molar-refractivity contribution >= 4 is 17.7 Å². The maximum Gasteiger partial charge on any atom is 0.141 e. The standard InChI is InChI=1S/C9H9ClFN/c10-8-6-7(2-1-5-12)3-4-9(8)11/h1-4,6H,5,12H2. The van der Waals surface area contributed by atoms with E-state index in [0.29, 0.717) is 6.54 Å². The molecule has 0 amide bonds. The summed E-state index contributed by atoms with van der Waals surface area (Å²) >= 11 is 5.55. The lowest BCUT2D eigenvalue weighted by atomic mass is 10.2. The molecule has 0 aliphatic rings. The molecule has 1 nitrogen and oxygen atoms in total. The van der Waals surface area contributed by atoms with Crippen LogP contribution in [0.4, 0.5) is 4.39 Å². The third-order valence-electron chi connectivity index (χ3n) is 1.39. The fourth-order valence-corrected chi connectivity index (χ4v) is 1.01. The molecule has 0 radical (unpaired) electrons. The van der Waals surface area contributed by atoms with Gasteiger partial charge in [-0.3, -0.25) is 0 Å². The lowest BCUT2D eigenvalue weighted by Crippen LogP contribution is -1.91. The first-order chi connectivity index (χ1) is 5.74. The highest BCUT2D eigenvalue weighted by Crippen LogP contribution is 2.16. The van der Waals surface area contributed by atoms with Crippen LogP contribution in [-0.4, -0.2) is 6.54 Å². The smallest absolute Gasteiger partial charge is 0.141 e. The Bertz CT molecular complexity index is 297. The minimum absolute atomic E-state index is 0.133. The van der Waals surface area contributed by atoms with E-state index in [1.807, 2.05) is 0 Å². The Hall–Kier alpha value is -0.860. The van der Waals surface area contributed by atoms with Gasteiger partial charge in [0.25, 0.3) is 0 Å². The highest BCUT2D eigenvalue weighted by atomic mass is 35.5. The lowest BCUT2D eigenvalue weighted by Gasteiger charge is -1.95. The predicted octanol–water partition coefficient (Wildman–Crippen LogP) is 2.45. The van der Waals surface area contributed by atoms with Gasteiger partial charge in [0.1, 0.15) is 5.82 Å². The van der Waals surface area contributed by atoms with Crippen LogP contribution in [0, 0.1) is 5.82 Å². The van der Waals surface area contributed by atoms with E-state index in [1.54, 1.807) is 24.3 Å². The molecule has 1 aromatic rings. The zero-order chi connectivity index (χ0) is 8.97. The number of nitrogens with two attached hydrogens (primary N) is 1. The van der Waals surface area contributed by atoms with Crippen LogP contribution >= 0.6 is 11.6 Å². The van der Waals surface area contributed by atoms with Crippen LogP contribution in [0.1, 0.15) is 5.56 Å². The molecule has 0 saturated carbocycles. The molecule has 0 saturated heterocycles. The summed E-state index contributed by atoms with van der Waals surface area (Å²) in [5, 5.41) is 0.133. The summed E-state index contributed by atoms with van der Waals surface area (Å²) in [6.45, 7) is 0.467. The quantitative estimate of drug-likeness (QED) is 0.753. The summed E-state index contributed by atoms with van der Waals surface area (Å²) in [6, 6.07) is 4.54. The van der Waals surface area contributed by atoms with Crippen LogP contribution < -0.4 is 5.73 Å². The van der Waals surface area contributed by atoms with Gasteiger partial charge in [0.05, 0.1) is 5.02 Å². The van der Waals surface area contributed by atoms with Crippen molar-refractivity contribution in [3.8, 4) is 0 Å². The molecule has 0 unspecified atom stereocenters. The summed E-state index contributed by atoms with van der Waals surface area (Å²) < 4.78 is 12.6. The molecule has 0 bridgehead atoms. The third kappa shape index (κ3) is 2.32. The number of halogens is 2. The summed E-state index contributed by atoms with van der Waals surface area (Å²) in [4.78, 5) is 0. The maximum atomic E-state index is 12.6. The van der Waals surface area contributed by atoms with E-state index >= 15 is 0 Å². The van der Waals surface area contributed by atoms with E-state index in [1.165, 1.54) is 6.07 Å². The molecule has 0 spiro atoms. The van der Waals surface area contributed by atoms with Gasteiger partial charge in [-0.05, 0) is 17.7 Å². The first kappa shape index (κ1) is 9.23. The first-order valence-corrected chi connectivity index (χ1v) is 3.93. The average molecular weight is 186 g/mol. The van der Waals surface area contributed by atoms with Gasteiger partial charge < -0.3 is 5.73 Å². The Kier molecular flexibility index (Phi) is 3.26. The van der Waals surface area contributed by atoms with Gasteiger partial charge in [-0.1, -0.05) is 29.8 Å². The van der Waals surface area contributed by atoms with Gasteiger partial charge in [0.15, 0.2) is 0 Å². The van der Waals surface area contributed by atoms with Crippen molar-refractivity contribution in [3.63, 3.8) is 0 Å². The van der Waals surface area contributed by atoms with Gasteiger partial charge in [-0.25, -0.2) is 4.39 Å². The second kappa shape index (κ2) is 4.24. The van der Waals surface area contributed by atoms with Crippen molar-refractivity contribution in [3.05, 3.63) is 40.7 Å². The van der Waals surface area contributed by atoms with Crippen LogP contribution in [0.2, 0.25) is 5.02 Å². The summed E-state index contributed by atoms with van der Waals surface area (Å²) in [6.07, 6.45) is 3.58. The monoisotopic (exact) mass is 185 g/mol. The van der Waals surface area contributed by atoms with Crippen LogP contribution in [0.25, 0.3) is 6.08 Å². The lowest BCUT2D eigenvalue weighted by molar-refractivity contribution is 0.628. The third-order valence-corrected chi connectivity index (χ3v) is 1.68. The van der Waals surface area contributed by atoms with Crippen molar-refractivity contribution in [1.29, 1.82) is 0 Å². The molecular weight excluding hydrogens is 177 g/mol. The number of hydrogen-bond acceptors (Lipinski definition) is 1. The van der Waals surface area contributed by atoms with E-state index < -0.39 is 5.82 Å². The second-order valence-corrected chi connectivity index (χ2v) is 2.72. The molecule has 1 rings (SSSR count). The highest BCUT2D eigenvalue weighted by molar-refractivity contribution is 6.30. The van der Waals surface area contributed by atoms with Crippen molar-refractivity contribution in [2.45, 2.75) is 0 Å². The Morgan fingerprint density at radius 1 is 1.50 bits per heavy atom. The number of benzene rings is 1. The van der Waals surface area contributed by atoms with Crippen molar-refractivity contribution in [2.24, 2.45) is 5.73 Å². The fraction of sp³-hybridized carbons (Fsp3) is 0.111. The van der Waals surface area contributed by atoms with Gasteiger partial charge >= 0.3 is 0 Å². The van der Waals surface area contributed by atoms with Crippen LogP contribution in [0.5, 0.6) is 0 Å². The molecule has 0 atom stereocenters. The highest BCUT2D eigenvalue weighted by Gasteiger charge is 1.97. The van der Waals surface area contributed by atoms with Crippen molar-refractivity contribution in [2.75, 3.05) is 6.54 Å². The number of hydrogen-bond donors (Lipinski definition) is 1. The Morgan fingerprint density at radius 2 is 2.25 bits per heavy atom. The molecular formula is C9H9ClFN. The Morgan fingerprint density at radius 3 is 2.83 bits per heavy atom. The molecule has 0 aliphatic carbocycles. The summed E-state index contributed by atoms with van der Waals surface area (Å²) in [5.41, 5.74) is 6.10. The fourth-order valence-electron chi connectivity index (χ4n) is 0.820. The normalized spacial score (nSPS) is 10.9. The van der Waals surface area contributed by atoms with Crippen molar-refractivity contribution in [1.82, 2.24) is 0 Å². The maximum absolute atomic E-state index is 12.6. The minimum Gasteiger partial charge on any atom is -0.327 e. The largest absolute Gasteiger partial charge is 0.327 e. The van der Waals surface area contributed by atoms with E-state index in [-0.39, 0.29) is 5.02 Å². The second-order valence-electron chi connectivity index (χ2n) is 2.31. The number of rotatable bonds is 2. The van der Waals surface area contributed by atoms with E-state index in [2.05, 4.69) is 0 Å². The topological polar surface area (TPSA) is 26.0 Å². The van der Waals surface area contributed by atoms with E-state index in [9.17, 15) is 4.39 Å². The van der Waals surface area contributed by atoms with Gasteiger partial charge in [0.2, 0.25) is 0 Å². The SMILES string of the molecule is NCC=Cc1ccc(F)c(Cl)c1. The molecule has 2 N–H and O–H groups in total. The molecule has 3 heteroatoms. The van der Waals surface area contributed by atoms with Gasteiger partial charge in [-0.15, -0.1) is 0 Å². The van der Waals surface area contributed by atoms with Crippen molar-refractivity contribution < 1.29 is 4.39 Å². The predicted molar refractivity (Wildman–Crippen MR) is 49.5 cm³/mol. The summed E-state index contributed by atoms with van der Waals surface area (Å²) in [7, 11) is 0. The van der Waals surface area contributed by atoms with E-state index in [0.717, 1.165) is 5.56 Å². The van der Waals surface area contributed by atoms with Gasteiger partial charge in [-0.2, -0.15) is 0 Å². The molecule has 0 aliphatic heterocycles. The zero-order valence-electron chi connectivity index (χ0n) is 6.43. The van der Waals surface area contributed by atoms with Crippen LogP contribution in [-0.2, 0) is 0 Å². The van der Waals surface area contributed by atoms with Gasteiger partial charge in [0, 0.05) is 6.54 Å². The van der Waals surface area contributed by atoms with E-state index in [4.69, 9.17) is 17.3 Å². The van der Waals surface area contributed by atoms with Crippen LogP contribution in [0.3, 0.4) is 0 Å². The summed E-state index contributed by atoms with van der Waals surface area (Å²) in [5.74, 6) is -0.401. The average Bonchev–Trinajstić information content (AvgIpc) is 2.07. The molecule has 0 heterocycles. The molecule has 0 fully saturated rings. The van der Waals surface area contributed by atoms with Crippen LogP contribution in [0.15, 0.2) is 24.3 Å². The molecule has 12 heavy (non-hydrogen) atoms.